The lowest BCUT2D eigenvalue weighted by molar-refractivity contribution is 0.287. The van der Waals surface area contributed by atoms with Crippen molar-refractivity contribution in [2.45, 2.75) is 6.54 Å². The minimum absolute atomic E-state index is 0.258. The molecule has 4 nitrogen and oxygen atoms in total. The van der Waals surface area contributed by atoms with E-state index in [4.69, 9.17) is 11.6 Å². The van der Waals surface area contributed by atoms with Crippen molar-refractivity contribution >= 4 is 21.4 Å². The Morgan fingerprint density at radius 1 is 1.31 bits per heavy atom. The fourth-order valence-electron chi connectivity index (χ4n) is 1.67. The standard InChI is InChI=1S/C10H13ClN2O2S/c11-10-2-1-9(7-12-10)8-13-3-5-16(14,15)6-4-13/h1-2,7H,3-6,8H2. The van der Waals surface area contributed by atoms with Gasteiger partial charge in [-0.3, -0.25) is 4.90 Å². The normalized spacial score (nSPS) is 20.8. The number of sulfone groups is 1. The molecule has 1 aromatic heterocycles. The van der Waals surface area contributed by atoms with E-state index in [0.29, 0.717) is 18.2 Å². The number of pyridine rings is 1. The number of hydrogen-bond donors (Lipinski definition) is 0. The first-order valence-corrected chi connectivity index (χ1v) is 7.28. The molecule has 6 heteroatoms. The first-order valence-electron chi connectivity index (χ1n) is 5.08. The molecule has 1 fully saturated rings. The summed E-state index contributed by atoms with van der Waals surface area (Å²) in [6.07, 6.45) is 1.73. The number of nitrogens with zero attached hydrogens (tertiary/aromatic N) is 2. The Hall–Kier alpha value is -0.650. The third-order valence-corrected chi connectivity index (χ3v) is 4.46. The molecule has 0 bridgehead atoms. The average Bonchev–Trinajstić information content (AvgIpc) is 2.24. The van der Waals surface area contributed by atoms with E-state index in [1.165, 1.54) is 0 Å². The van der Waals surface area contributed by atoms with Gasteiger partial charge in [-0.05, 0) is 11.6 Å². The van der Waals surface area contributed by atoms with Gasteiger partial charge in [0.25, 0.3) is 0 Å². The maximum atomic E-state index is 11.2. The fraction of sp³-hybridized carbons (Fsp3) is 0.500. The average molecular weight is 261 g/mol. The third kappa shape index (κ3) is 3.17. The minimum atomic E-state index is -2.79. The molecule has 0 amide bonds. The number of aromatic nitrogens is 1. The molecule has 0 atom stereocenters. The molecule has 0 spiro atoms. The maximum absolute atomic E-state index is 11.2. The van der Waals surface area contributed by atoms with Gasteiger partial charge in [0.05, 0.1) is 11.5 Å². The topological polar surface area (TPSA) is 50.3 Å². The van der Waals surface area contributed by atoms with Crippen LogP contribution in [0.15, 0.2) is 18.3 Å². The van der Waals surface area contributed by atoms with Crippen molar-refractivity contribution in [3.63, 3.8) is 0 Å². The van der Waals surface area contributed by atoms with Crippen molar-refractivity contribution in [1.29, 1.82) is 0 Å². The number of rotatable bonds is 2. The van der Waals surface area contributed by atoms with Crippen LogP contribution in [0.3, 0.4) is 0 Å². The zero-order valence-corrected chi connectivity index (χ0v) is 10.3. The maximum Gasteiger partial charge on any atom is 0.152 e. The molecule has 88 valence electrons. The van der Waals surface area contributed by atoms with E-state index in [1.807, 2.05) is 6.07 Å². The fourth-order valence-corrected chi connectivity index (χ4v) is 3.06. The third-order valence-electron chi connectivity index (χ3n) is 2.63. The molecule has 0 unspecified atom stereocenters. The van der Waals surface area contributed by atoms with Crippen LogP contribution in [0.1, 0.15) is 5.56 Å². The van der Waals surface area contributed by atoms with E-state index in [-0.39, 0.29) is 11.5 Å². The molecule has 1 aromatic rings. The summed E-state index contributed by atoms with van der Waals surface area (Å²) < 4.78 is 22.5. The SMILES string of the molecule is O=S1(=O)CCN(Cc2ccc(Cl)nc2)CC1. The van der Waals surface area contributed by atoms with Crippen molar-refractivity contribution < 1.29 is 8.42 Å². The van der Waals surface area contributed by atoms with Crippen LogP contribution in [0.25, 0.3) is 0 Å². The van der Waals surface area contributed by atoms with Crippen LogP contribution in [-0.4, -0.2) is 42.9 Å². The summed E-state index contributed by atoms with van der Waals surface area (Å²) in [4.78, 5) is 6.11. The Labute approximate surface area is 100 Å². The van der Waals surface area contributed by atoms with Crippen molar-refractivity contribution in [3.05, 3.63) is 29.0 Å². The quantitative estimate of drug-likeness (QED) is 0.744. The largest absolute Gasteiger partial charge is 0.297 e. The number of hydrogen-bond acceptors (Lipinski definition) is 4. The second-order valence-electron chi connectivity index (χ2n) is 3.92. The van der Waals surface area contributed by atoms with Crippen LogP contribution in [0.5, 0.6) is 0 Å². The lowest BCUT2D eigenvalue weighted by Gasteiger charge is -2.26. The second kappa shape index (κ2) is 4.69. The summed E-state index contributed by atoms with van der Waals surface area (Å²) in [7, 11) is -2.79. The van der Waals surface area contributed by atoms with Gasteiger partial charge in [0.1, 0.15) is 5.15 Å². The van der Waals surface area contributed by atoms with Gasteiger partial charge in [0, 0.05) is 25.8 Å². The monoisotopic (exact) mass is 260 g/mol. The molecule has 0 radical (unpaired) electrons. The summed E-state index contributed by atoms with van der Waals surface area (Å²) in [6, 6.07) is 3.66. The van der Waals surface area contributed by atoms with E-state index in [0.717, 1.165) is 12.1 Å². The zero-order valence-electron chi connectivity index (χ0n) is 8.76. The first kappa shape index (κ1) is 11.8. The van der Waals surface area contributed by atoms with Crippen molar-refractivity contribution in [2.24, 2.45) is 0 Å². The molecule has 0 aromatic carbocycles. The Morgan fingerprint density at radius 3 is 2.56 bits per heavy atom. The van der Waals surface area contributed by atoms with Crippen LogP contribution in [0, 0.1) is 0 Å². The lowest BCUT2D eigenvalue weighted by Crippen LogP contribution is -2.39. The highest BCUT2D eigenvalue weighted by Crippen LogP contribution is 2.10. The molecule has 2 heterocycles. The molecule has 0 aliphatic carbocycles. The van der Waals surface area contributed by atoms with Crippen LogP contribution in [-0.2, 0) is 16.4 Å². The van der Waals surface area contributed by atoms with Gasteiger partial charge in [0.2, 0.25) is 0 Å². The smallest absolute Gasteiger partial charge is 0.152 e. The second-order valence-corrected chi connectivity index (χ2v) is 6.61. The molecule has 0 N–H and O–H groups in total. The highest BCUT2D eigenvalue weighted by Gasteiger charge is 2.21. The van der Waals surface area contributed by atoms with Crippen molar-refractivity contribution in [3.8, 4) is 0 Å². The van der Waals surface area contributed by atoms with Crippen molar-refractivity contribution in [2.75, 3.05) is 24.6 Å². The summed E-state index contributed by atoms with van der Waals surface area (Å²) in [5, 5.41) is 0.477. The Kier molecular flexibility index (Phi) is 3.47. The van der Waals surface area contributed by atoms with Crippen LogP contribution in [0.4, 0.5) is 0 Å². The Morgan fingerprint density at radius 2 is 2.00 bits per heavy atom. The summed E-state index contributed by atoms with van der Waals surface area (Å²) >= 11 is 5.69. The molecule has 1 aliphatic heterocycles. The summed E-state index contributed by atoms with van der Waals surface area (Å²) in [5.74, 6) is 0.516. The van der Waals surface area contributed by atoms with E-state index < -0.39 is 9.84 Å². The van der Waals surface area contributed by atoms with E-state index in [2.05, 4.69) is 9.88 Å². The first-order chi connectivity index (χ1) is 7.55. The van der Waals surface area contributed by atoms with Gasteiger partial charge in [-0.25, -0.2) is 13.4 Å². The Balaban J connectivity index is 1.94. The molecular weight excluding hydrogens is 248 g/mol. The Bertz CT molecular complexity index is 444. The van der Waals surface area contributed by atoms with Gasteiger partial charge in [-0.1, -0.05) is 17.7 Å². The number of halogens is 1. The predicted octanol–water partition coefficient (Wildman–Crippen LogP) is 0.965. The van der Waals surface area contributed by atoms with Gasteiger partial charge in [-0.15, -0.1) is 0 Å². The van der Waals surface area contributed by atoms with Gasteiger partial charge in [0.15, 0.2) is 9.84 Å². The van der Waals surface area contributed by atoms with Gasteiger partial charge < -0.3 is 0 Å². The minimum Gasteiger partial charge on any atom is -0.297 e. The van der Waals surface area contributed by atoms with E-state index in [9.17, 15) is 8.42 Å². The van der Waals surface area contributed by atoms with Gasteiger partial charge >= 0.3 is 0 Å². The highest BCUT2D eigenvalue weighted by molar-refractivity contribution is 7.91. The van der Waals surface area contributed by atoms with Crippen LogP contribution in [0.2, 0.25) is 5.15 Å². The zero-order chi connectivity index (χ0) is 11.6. The van der Waals surface area contributed by atoms with Crippen LogP contribution < -0.4 is 0 Å². The van der Waals surface area contributed by atoms with Gasteiger partial charge in [-0.2, -0.15) is 0 Å². The van der Waals surface area contributed by atoms with Crippen LogP contribution >= 0.6 is 11.6 Å². The molecule has 1 saturated heterocycles. The predicted molar refractivity (Wildman–Crippen MR) is 63.2 cm³/mol. The van der Waals surface area contributed by atoms with E-state index >= 15 is 0 Å². The summed E-state index contributed by atoms with van der Waals surface area (Å²) in [6.45, 7) is 1.94. The molecule has 0 saturated carbocycles. The molecule has 2 rings (SSSR count). The lowest BCUT2D eigenvalue weighted by atomic mass is 10.2. The molecule has 1 aliphatic rings. The molecular formula is C10H13ClN2O2S. The summed E-state index contributed by atoms with van der Waals surface area (Å²) in [5.41, 5.74) is 1.06. The molecule has 16 heavy (non-hydrogen) atoms. The van der Waals surface area contributed by atoms with Crippen molar-refractivity contribution in [1.82, 2.24) is 9.88 Å². The van der Waals surface area contributed by atoms with E-state index in [1.54, 1.807) is 12.3 Å². The highest BCUT2D eigenvalue weighted by atomic mass is 35.5.